The van der Waals surface area contributed by atoms with Crippen molar-refractivity contribution in [3.05, 3.63) is 82.9 Å². The van der Waals surface area contributed by atoms with Crippen LogP contribution in [0.3, 0.4) is 0 Å². The summed E-state index contributed by atoms with van der Waals surface area (Å²) >= 11 is 0. The molecule has 2 aromatic carbocycles. The van der Waals surface area contributed by atoms with Crippen molar-refractivity contribution in [2.24, 2.45) is 5.92 Å². The van der Waals surface area contributed by atoms with E-state index in [0.717, 1.165) is 38.8 Å². The Bertz CT molecular complexity index is 1010. The highest BCUT2D eigenvalue weighted by molar-refractivity contribution is 5.76. The minimum absolute atomic E-state index is 0.0369. The Morgan fingerprint density at radius 2 is 1.77 bits per heavy atom. The molecule has 0 aliphatic carbocycles. The summed E-state index contributed by atoms with van der Waals surface area (Å²) in [5.74, 6) is 0.920. The first-order valence-electron chi connectivity index (χ1n) is 10.4. The third-order valence-corrected chi connectivity index (χ3v) is 5.81. The molecule has 0 amide bonds. The number of anilines is 1. The maximum atomic E-state index is 11.0. The number of aromatic hydroxyl groups is 1. The van der Waals surface area contributed by atoms with E-state index in [4.69, 9.17) is 0 Å². The Morgan fingerprint density at radius 3 is 2.50 bits per heavy atom. The second kappa shape index (κ2) is 9.08. The Balaban J connectivity index is 1.37. The molecule has 1 saturated heterocycles. The van der Waals surface area contributed by atoms with Crippen molar-refractivity contribution in [2.75, 3.05) is 18.0 Å². The van der Waals surface area contributed by atoms with E-state index in [-0.39, 0.29) is 11.4 Å². The molecule has 5 nitrogen and oxygen atoms in total. The highest BCUT2D eigenvalue weighted by atomic mass is 16.3. The van der Waals surface area contributed by atoms with Gasteiger partial charge < -0.3 is 10.0 Å². The number of piperidine rings is 1. The summed E-state index contributed by atoms with van der Waals surface area (Å²) in [7, 11) is 0. The fraction of sp³-hybridized carbons (Fsp3) is 0.320. The quantitative estimate of drug-likeness (QED) is 0.678. The maximum Gasteiger partial charge on any atom is 0.257 e. The number of nitrogens with zero attached hydrogens (tertiary/aromatic N) is 3. The van der Waals surface area contributed by atoms with Crippen molar-refractivity contribution < 1.29 is 9.90 Å². The van der Waals surface area contributed by atoms with E-state index in [1.165, 1.54) is 16.8 Å². The van der Waals surface area contributed by atoms with Gasteiger partial charge in [0.25, 0.3) is 6.29 Å². The van der Waals surface area contributed by atoms with Crippen molar-refractivity contribution >= 4 is 12.0 Å². The summed E-state index contributed by atoms with van der Waals surface area (Å²) in [4.78, 5) is 22.0. The Morgan fingerprint density at radius 1 is 1.03 bits per heavy atom. The molecule has 0 atom stereocenters. The summed E-state index contributed by atoms with van der Waals surface area (Å²) in [5.41, 5.74) is 4.32. The van der Waals surface area contributed by atoms with E-state index in [1.54, 1.807) is 13.2 Å². The van der Waals surface area contributed by atoms with Crippen LogP contribution in [0.25, 0.3) is 0 Å². The monoisotopic (exact) mass is 400 g/mol. The lowest BCUT2D eigenvalue weighted by Crippen LogP contribution is -2.34. The number of aryl methyl sites for hydroxylation is 1. The van der Waals surface area contributed by atoms with Crippen molar-refractivity contribution in [3.63, 3.8) is 0 Å². The molecule has 0 spiro atoms. The SMILES string of the molecule is Cc1nc(CC2CCN(c3cccc(Cc4ccccc4)c3)CC2)nc([C]=O)c1O. The third-order valence-electron chi connectivity index (χ3n) is 5.81. The normalized spacial score (nSPS) is 14.6. The van der Waals surface area contributed by atoms with Gasteiger partial charge in [-0.25, -0.2) is 9.97 Å². The molecule has 2 heterocycles. The first kappa shape index (κ1) is 20.1. The van der Waals surface area contributed by atoms with Gasteiger partial charge in [-0.15, -0.1) is 0 Å². The number of hydrogen-bond donors (Lipinski definition) is 1. The summed E-state index contributed by atoms with van der Waals surface area (Å²) in [6.07, 6.45) is 5.46. The molecule has 0 bridgehead atoms. The molecule has 0 unspecified atom stereocenters. The minimum atomic E-state index is -0.168. The zero-order valence-electron chi connectivity index (χ0n) is 17.2. The fourth-order valence-corrected chi connectivity index (χ4v) is 4.14. The van der Waals surface area contributed by atoms with Crippen LogP contribution < -0.4 is 4.90 Å². The van der Waals surface area contributed by atoms with Gasteiger partial charge in [-0.3, -0.25) is 4.79 Å². The molecule has 1 aliphatic heterocycles. The lowest BCUT2D eigenvalue weighted by Gasteiger charge is -2.33. The van der Waals surface area contributed by atoms with Gasteiger partial charge in [-0.05, 0) is 55.4 Å². The summed E-state index contributed by atoms with van der Waals surface area (Å²) < 4.78 is 0. The molecule has 153 valence electrons. The highest BCUT2D eigenvalue weighted by Gasteiger charge is 2.22. The van der Waals surface area contributed by atoms with Crippen LogP contribution in [0, 0.1) is 12.8 Å². The molecule has 1 fully saturated rings. The van der Waals surface area contributed by atoms with Gasteiger partial charge in [0, 0.05) is 25.2 Å². The van der Waals surface area contributed by atoms with Gasteiger partial charge in [0.05, 0.1) is 5.69 Å². The average molecular weight is 401 g/mol. The number of rotatable bonds is 6. The fourth-order valence-electron chi connectivity index (χ4n) is 4.14. The van der Waals surface area contributed by atoms with E-state index in [0.29, 0.717) is 17.4 Å². The standard InChI is InChI=1S/C25H26N3O2/c1-18-25(30)23(17-29)27-24(26-18)16-20-10-12-28(13-11-20)22-9-5-8-21(15-22)14-19-6-3-2-4-7-19/h2-9,15,20,30H,10-14,16H2,1H3. The number of hydrogen-bond acceptors (Lipinski definition) is 5. The zero-order chi connectivity index (χ0) is 20.9. The molecular formula is C25H26N3O2. The number of aromatic nitrogens is 2. The van der Waals surface area contributed by atoms with E-state index >= 15 is 0 Å². The second-order valence-electron chi connectivity index (χ2n) is 7.99. The minimum Gasteiger partial charge on any atom is -0.504 e. The van der Waals surface area contributed by atoms with Gasteiger partial charge in [-0.1, -0.05) is 42.5 Å². The van der Waals surface area contributed by atoms with Crippen LogP contribution in [0.4, 0.5) is 5.69 Å². The summed E-state index contributed by atoms with van der Waals surface area (Å²) in [6.45, 7) is 3.67. The van der Waals surface area contributed by atoms with E-state index in [1.807, 2.05) is 6.07 Å². The molecule has 4 rings (SSSR count). The van der Waals surface area contributed by atoms with Crippen molar-refractivity contribution in [3.8, 4) is 5.75 Å². The van der Waals surface area contributed by atoms with Crippen LogP contribution in [-0.4, -0.2) is 34.5 Å². The van der Waals surface area contributed by atoms with Crippen LogP contribution in [0.15, 0.2) is 54.6 Å². The predicted molar refractivity (Wildman–Crippen MR) is 118 cm³/mol. The molecule has 5 heteroatoms. The molecule has 0 saturated carbocycles. The molecule has 30 heavy (non-hydrogen) atoms. The number of benzene rings is 2. The summed E-state index contributed by atoms with van der Waals surface area (Å²) in [5, 5.41) is 9.81. The molecular weight excluding hydrogens is 374 g/mol. The van der Waals surface area contributed by atoms with E-state index < -0.39 is 0 Å². The van der Waals surface area contributed by atoms with E-state index in [9.17, 15) is 9.90 Å². The van der Waals surface area contributed by atoms with Crippen LogP contribution in [0.1, 0.15) is 41.2 Å². The first-order chi connectivity index (χ1) is 14.6. The predicted octanol–water partition coefficient (Wildman–Crippen LogP) is 4.00. The lowest BCUT2D eigenvalue weighted by molar-refractivity contribution is 0.394. The first-order valence-corrected chi connectivity index (χ1v) is 10.4. The zero-order valence-corrected chi connectivity index (χ0v) is 17.2. The van der Waals surface area contributed by atoms with E-state index in [2.05, 4.69) is 63.4 Å². The van der Waals surface area contributed by atoms with Crippen molar-refractivity contribution in [1.82, 2.24) is 9.97 Å². The van der Waals surface area contributed by atoms with Gasteiger partial charge in [-0.2, -0.15) is 0 Å². The number of carbonyl (C=O) groups excluding carboxylic acids is 1. The van der Waals surface area contributed by atoms with Gasteiger partial charge in [0.1, 0.15) is 5.82 Å². The topological polar surface area (TPSA) is 66.3 Å². The van der Waals surface area contributed by atoms with Crippen LogP contribution >= 0.6 is 0 Å². The third kappa shape index (κ3) is 4.67. The van der Waals surface area contributed by atoms with Crippen molar-refractivity contribution in [2.45, 2.75) is 32.6 Å². The molecule has 1 N–H and O–H groups in total. The van der Waals surface area contributed by atoms with Gasteiger partial charge in [0.2, 0.25) is 0 Å². The van der Waals surface area contributed by atoms with Crippen LogP contribution in [0.2, 0.25) is 0 Å². The van der Waals surface area contributed by atoms with Gasteiger partial charge >= 0.3 is 0 Å². The average Bonchev–Trinajstić information content (AvgIpc) is 2.77. The van der Waals surface area contributed by atoms with Crippen LogP contribution in [0.5, 0.6) is 5.75 Å². The molecule has 3 aromatic rings. The lowest BCUT2D eigenvalue weighted by atomic mass is 9.92. The Hall–Kier alpha value is -3.21. The Kier molecular flexibility index (Phi) is 6.07. The smallest absolute Gasteiger partial charge is 0.257 e. The molecule has 1 radical (unpaired) electrons. The summed E-state index contributed by atoms with van der Waals surface area (Å²) in [6, 6.07) is 19.4. The second-order valence-corrected chi connectivity index (χ2v) is 7.99. The molecule has 1 aliphatic rings. The molecule has 1 aromatic heterocycles. The van der Waals surface area contributed by atoms with Gasteiger partial charge in [0.15, 0.2) is 11.4 Å². The van der Waals surface area contributed by atoms with Crippen LogP contribution in [-0.2, 0) is 17.6 Å². The maximum absolute atomic E-state index is 11.0. The van der Waals surface area contributed by atoms with Crippen molar-refractivity contribution in [1.29, 1.82) is 0 Å². The Labute approximate surface area is 177 Å². The largest absolute Gasteiger partial charge is 0.504 e. The highest BCUT2D eigenvalue weighted by Crippen LogP contribution is 2.27.